The van der Waals surface area contributed by atoms with Crippen LogP contribution in [0, 0.1) is 4.77 Å². The molecule has 106 valence electrons. The van der Waals surface area contributed by atoms with Crippen molar-refractivity contribution in [3.8, 4) is 0 Å². The monoisotopic (exact) mass is 282 g/mol. The van der Waals surface area contributed by atoms with Crippen LogP contribution in [0.4, 0.5) is 0 Å². The minimum Gasteiger partial charge on any atom is -0.380 e. The molecule has 0 fully saturated rings. The van der Waals surface area contributed by atoms with E-state index in [-0.39, 0.29) is 0 Å². The first kappa shape index (κ1) is 14.3. The summed E-state index contributed by atoms with van der Waals surface area (Å²) in [6.45, 7) is 6.54. The zero-order valence-electron chi connectivity index (χ0n) is 11.9. The quantitative estimate of drug-likeness (QED) is 0.627. The summed E-state index contributed by atoms with van der Waals surface area (Å²) in [6, 6.07) is 0. The Labute approximate surface area is 118 Å². The van der Waals surface area contributed by atoms with Crippen LogP contribution in [0.2, 0.25) is 0 Å². The van der Waals surface area contributed by atoms with Crippen LogP contribution < -0.4 is 0 Å². The highest BCUT2D eigenvalue weighted by Gasteiger charge is 2.13. The Hall–Kier alpha value is -1.14. The summed E-state index contributed by atoms with van der Waals surface area (Å²) in [6.07, 6.45) is 3.18. The predicted molar refractivity (Wildman–Crippen MR) is 79.0 cm³/mol. The highest BCUT2D eigenvalue weighted by atomic mass is 32.1. The molecule has 0 saturated carbocycles. The van der Waals surface area contributed by atoms with Crippen molar-refractivity contribution < 1.29 is 4.74 Å². The molecule has 0 aromatic carbocycles. The molecule has 0 aliphatic heterocycles. The Morgan fingerprint density at radius 2 is 2.11 bits per heavy atom. The summed E-state index contributed by atoms with van der Waals surface area (Å²) in [7, 11) is 1.96. The molecule has 0 aliphatic rings. The van der Waals surface area contributed by atoms with Gasteiger partial charge in [0, 0.05) is 13.7 Å². The van der Waals surface area contributed by atoms with Gasteiger partial charge in [0.15, 0.2) is 10.4 Å². The molecular formula is C13H22N4OS. The van der Waals surface area contributed by atoms with Gasteiger partial charge in [0.25, 0.3) is 0 Å². The molecule has 0 spiro atoms. The number of aromatic amines is 1. The second-order valence-corrected chi connectivity index (χ2v) is 5.06. The van der Waals surface area contributed by atoms with E-state index in [2.05, 4.69) is 28.5 Å². The largest absolute Gasteiger partial charge is 0.380 e. The standard InChI is InChI=1S/C13H22N4OS/c1-4-6-8-18-9-7-17-12-11(14-13(17)19)10(5-2)15-16(12)3/h4-9H2,1-3H3,(H,14,19). The number of ether oxygens (including phenoxy) is 1. The molecule has 2 rings (SSSR count). The van der Waals surface area contributed by atoms with E-state index in [0.29, 0.717) is 6.61 Å². The number of aromatic nitrogens is 4. The maximum Gasteiger partial charge on any atom is 0.179 e. The van der Waals surface area contributed by atoms with Crippen molar-refractivity contribution in [3.05, 3.63) is 10.5 Å². The summed E-state index contributed by atoms with van der Waals surface area (Å²) in [4.78, 5) is 3.26. The van der Waals surface area contributed by atoms with Crippen LogP contribution in [0.25, 0.3) is 11.2 Å². The topological polar surface area (TPSA) is 47.8 Å². The molecule has 0 radical (unpaired) electrons. The van der Waals surface area contributed by atoms with Crippen molar-refractivity contribution >= 4 is 23.4 Å². The number of nitrogens with zero attached hydrogens (tertiary/aromatic N) is 3. The van der Waals surface area contributed by atoms with E-state index >= 15 is 0 Å². The molecule has 5 nitrogen and oxygen atoms in total. The summed E-state index contributed by atoms with van der Waals surface area (Å²) in [5.41, 5.74) is 3.18. The molecule has 0 unspecified atom stereocenters. The van der Waals surface area contributed by atoms with Gasteiger partial charge in [-0.2, -0.15) is 5.10 Å². The minimum atomic E-state index is 0.688. The van der Waals surface area contributed by atoms with Gasteiger partial charge in [-0.1, -0.05) is 20.3 Å². The van der Waals surface area contributed by atoms with Crippen LogP contribution in [0.5, 0.6) is 0 Å². The number of imidazole rings is 1. The van der Waals surface area contributed by atoms with Crippen molar-refractivity contribution in [1.29, 1.82) is 0 Å². The number of hydrogen-bond acceptors (Lipinski definition) is 3. The first-order chi connectivity index (χ1) is 9.19. The zero-order chi connectivity index (χ0) is 13.8. The number of hydrogen-bond donors (Lipinski definition) is 1. The van der Waals surface area contributed by atoms with E-state index in [4.69, 9.17) is 17.0 Å². The number of nitrogens with one attached hydrogen (secondary N) is 1. The molecule has 0 atom stereocenters. The fourth-order valence-corrected chi connectivity index (χ4v) is 2.52. The average molecular weight is 282 g/mol. The molecule has 0 amide bonds. The first-order valence-corrected chi connectivity index (χ1v) is 7.32. The maximum atomic E-state index is 5.61. The Balaban J connectivity index is 2.16. The van der Waals surface area contributed by atoms with E-state index in [1.807, 2.05) is 11.7 Å². The molecule has 2 aromatic heterocycles. The van der Waals surface area contributed by atoms with Crippen LogP contribution in [-0.2, 0) is 24.8 Å². The molecule has 2 heterocycles. The molecule has 0 bridgehead atoms. The summed E-state index contributed by atoms with van der Waals surface area (Å²) >= 11 is 5.39. The Kier molecular flexibility index (Phi) is 4.76. The summed E-state index contributed by atoms with van der Waals surface area (Å²) < 4.78 is 10.3. The van der Waals surface area contributed by atoms with Gasteiger partial charge in [0.05, 0.1) is 18.8 Å². The molecule has 0 saturated heterocycles. The molecule has 6 heteroatoms. The van der Waals surface area contributed by atoms with Crippen molar-refractivity contribution in [2.24, 2.45) is 7.05 Å². The van der Waals surface area contributed by atoms with E-state index in [9.17, 15) is 0 Å². The fourth-order valence-electron chi connectivity index (χ4n) is 2.24. The number of fused-ring (bicyclic) bond motifs is 1. The Morgan fingerprint density at radius 1 is 1.32 bits per heavy atom. The SMILES string of the molecule is CCCCOCCn1c(=S)[nH]c2c(CC)nn(C)c21. The number of rotatable bonds is 7. The van der Waals surface area contributed by atoms with E-state index in [1.54, 1.807) is 0 Å². The van der Waals surface area contributed by atoms with Gasteiger partial charge in [-0.15, -0.1) is 0 Å². The van der Waals surface area contributed by atoms with Crippen LogP contribution in [0.15, 0.2) is 0 Å². The lowest BCUT2D eigenvalue weighted by atomic mass is 10.3. The molecular weight excluding hydrogens is 260 g/mol. The van der Waals surface area contributed by atoms with Crippen molar-refractivity contribution in [1.82, 2.24) is 19.3 Å². The first-order valence-electron chi connectivity index (χ1n) is 6.91. The lowest BCUT2D eigenvalue weighted by molar-refractivity contribution is 0.124. The van der Waals surface area contributed by atoms with Gasteiger partial charge in [-0.25, -0.2) is 0 Å². The van der Waals surface area contributed by atoms with Crippen LogP contribution >= 0.6 is 12.2 Å². The maximum absolute atomic E-state index is 5.61. The Morgan fingerprint density at radius 3 is 2.79 bits per heavy atom. The highest BCUT2D eigenvalue weighted by Crippen LogP contribution is 2.18. The lowest BCUT2D eigenvalue weighted by Gasteiger charge is -2.06. The average Bonchev–Trinajstić information content (AvgIpc) is 2.87. The van der Waals surface area contributed by atoms with Gasteiger partial charge < -0.3 is 9.72 Å². The minimum absolute atomic E-state index is 0.688. The smallest absolute Gasteiger partial charge is 0.179 e. The second-order valence-electron chi connectivity index (χ2n) is 4.67. The fraction of sp³-hybridized carbons (Fsp3) is 0.692. The molecule has 2 aromatic rings. The predicted octanol–water partition coefficient (Wildman–Crippen LogP) is 2.81. The highest BCUT2D eigenvalue weighted by molar-refractivity contribution is 7.71. The third kappa shape index (κ3) is 2.90. The number of aryl methyl sites for hydroxylation is 2. The van der Waals surface area contributed by atoms with Gasteiger partial charge >= 0.3 is 0 Å². The summed E-state index contributed by atoms with van der Waals surface area (Å²) in [5.74, 6) is 0. The van der Waals surface area contributed by atoms with Crippen LogP contribution in [-0.4, -0.2) is 32.5 Å². The zero-order valence-corrected chi connectivity index (χ0v) is 12.7. The third-order valence-corrected chi connectivity index (χ3v) is 3.58. The summed E-state index contributed by atoms with van der Waals surface area (Å²) in [5, 5.41) is 4.51. The van der Waals surface area contributed by atoms with Gasteiger partial charge in [-0.3, -0.25) is 9.25 Å². The molecule has 0 aliphatic carbocycles. The van der Waals surface area contributed by atoms with Crippen LogP contribution in [0.1, 0.15) is 32.4 Å². The lowest BCUT2D eigenvalue weighted by Crippen LogP contribution is -2.09. The van der Waals surface area contributed by atoms with Gasteiger partial charge in [0.1, 0.15) is 5.52 Å². The Bertz CT molecular complexity index is 596. The number of unbranched alkanes of at least 4 members (excludes halogenated alkanes) is 1. The number of H-pyrrole nitrogens is 1. The van der Waals surface area contributed by atoms with Crippen molar-refractivity contribution in [2.75, 3.05) is 13.2 Å². The third-order valence-electron chi connectivity index (χ3n) is 3.26. The van der Waals surface area contributed by atoms with Crippen LogP contribution in [0.3, 0.4) is 0 Å². The normalized spacial score (nSPS) is 11.5. The van der Waals surface area contributed by atoms with Gasteiger partial charge in [0.2, 0.25) is 0 Å². The van der Waals surface area contributed by atoms with E-state index in [0.717, 1.165) is 54.0 Å². The van der Waals surface area contributed by atoms with Gasteiger partial charge in [-0.05, 0) is 25.1 Å². The van der Waals surface area contributed by atoms with E-state index < -0.39 is 0 Å². The molecule has 1 N–H and O–H groups in total. The second kappa shape index (κ2) is 6.34. The van der Waals surface area contributed by atoms with E-state index in [1.165, 1.54) is 0 Å². The molecule has 19 heavy (non-hydrogen) atoms. The van der Waals surface area contributed by atoms with Crippen molar-refractivity contribution in [3.63, 3.8) is 0 Å². The van der Waals surface area contributed by atoms with Crippen molar-refractivity contribution in [2.45, 2.75) is 39.7 Å².